The third-order valence-corrected chi connectivity index (χ3v) is 4.40. The van der Waals surface area contributed by atoms with E-state index in [0.717, 1.165) is 43.6 Å². The molecule has 1 amide bonds. The van der Waals surface area contributed by atoms with Gasteiger partial charge in [0, 0.05) is 18.7 Å². The molecule has 0 bridgehead atoms. The van der Waals surface area contributed by atoms with Crippen LogP contribution in [-0.4, -0.2) is 34.9 Å². The summed E-state index contributed by atoms with van der Waals surface area (Å²) >= 11 is 0.941. The van der Waals surface area contributed by atoms with Crippen molar-refractivity contribution in [3.63, 3.8) is 0 Å². The molecular formula is C12H17N3O3S. The van der Waals surface area contributed by atoms with Gasteiger partial charge in [-0.15, -0.1) is 0 Å². The van der Waals surface area contributed by atoms with Crippen LogP contribution in [0.4, 0.5) is 5.00 Å². The molecule has 2 heterocycles. The highest BCUT2D eigenvalue weighted by atomic mass is 32.1. The molecule has 1 atom stereocenters. The Balaban J connectivity index is 2.13. The molecule has 6 nitrogen and oxygen atoms in total. The maximum absolute atomic E-state index is 12.4. The minimum atomic E-state index is -0.463. The molecule has 1 aliphatic heterocycles. The van der Waals surface area contributed by atoms with E-state index in [1.165, 1.54) is 6.07 Å². The quantitative estimate of drug-likeness (QED) is 0.676. The molecule has 1 unspecified atom stereocenters. The van der Waals surface area contributed by atoms with Crippen LogP contribution in [0.2, 0.25) is 0 Å². The number of hydrogen-bond donors (Lipinski definition) is 1. The van der Waals surface area contributed by atoms with Gasteiger partial charge in [-0.3, -0.25) is 14.9 Å². The summed E-state index contributed by atoms with van der Waals surface area (Å²) in [5, 5.41) is 10.7. The predicted octanol–water partition coefficient (Wildman–Crippen LogP) is 2.00. The fraction of sp³-hybridized carbons (Fsp3) is 0.583. The summed E-state index contributed by atoms with van der Waals surface area (Å²) in [7, 11) is 0. The first kappa shape index (κ1) is 14.0. The van der Waals surface area contributed by atoms with Gasteiger partial charge in [0.05, 0.1) is 9.80 Å². The first-order valence-corrected chi connectivity index (χ1v) is 7.20. The van der Waals surface area contributed by atoms with Crippen molar-refractivity contribution in [3.05, 3.63) is 27.1 Å². The Morgan fingerprint density at radius 3 is 2.95 bits per heavy atom. The van der Waals surface area contributed by atoms with E-state index < -0.39 is 4.92 Å². The van der Waals surface area contributed by atoms with Gasteiger partial charge >= 0.3 is 5.00 Å². The minimum absolute atomic E-state index is 0.00994. The lowest BCUT2D eigenvalue weighted by Crippen LogP contribution is -2.44. The Kier molecular flexibility index (Phi) is 4.49. The number of rotatable bonds is 4. The van der Waals surface area contributed by atoms with Gasteiger partial charge in [-0.1, -0.05) is 11.3 Å². The van der Waals surface area contributed by atoms with Crippen molar-refractivity contribution in [2.24, 2.45) is 5.73 Å². The van der Waals surface area contributed by atoms with Crippen molar-refractivity contribution >= 4 is 22.2 Å². The molecule has 2 N–H and O–H groups in total. The molecule has 19 heavy (non-hydrogen) atoms. The van der Waals surface area contributed by atoms with E-state index >= 15 is 0 Å². The lowest BCUT2D eigenvalue weighted by molar-refractivity contribution is -0.380. The van der Waals surface area contributed by atoms with Crippen LogP contribution >= 0.6 is 11.3 Å². The van der Waals surface area contributed by atoms with Gasteiger partial charge in [0.2, 0.25) is 0 Å². The van der Waals surface area contributed by atoms with Crippen molar-refractivity contribution < 1.29 is 9.72 Å². The van der Waals surface area contributed by atoms with Crippen molar-refractivity contribution in [1.29, 1.82) is 0 Å². The maximum Gasteiger partial charge on any atom is 0.324 e. The van der Waals surface area contributed by atoms with Crippen LogP contribution in [0.1, 0.15) is 35.4 Å². The molecule has 1 aliphatic rings. The number of thiophene rings is 1. The molecule has 0 saturated carbocycles. The zero-order valence-corrected chi connectivity index (χ0v) is 11.4. The van der Waals surface area contributed by atoms with Crippen LogP contribution in [0.25, 0.3) is 0 Å². The highest BCUT2D eigenvalue weighted by Crippen LogP contribution is 2.28. The smallest absolute Gasteiger partial charge is 0.324 e. The lowest BCUT2D eigenvalue weighted by atomic mass is 9.99. The normalized spacial score (nSPS) is 19.4. The number of nitrogens with zero attached hydrogens (tertiary/aromatic N) is 2. The zero-order valence-electron chi connectivity index (χ0n) is 10.6. The number of piperidine rings is 1. The van der Waals surface area contributed by atoms with Gasteiger partial charge < -0.3 is 10.6 Å². The van der Waals surface area contributed by atoms with Crippen molar-refractivity contribution in [2.45, 2.75) is 31.7 Å². The zero-order chi connectivity index (χ0) is 13.8. The topological polar surface area (TPSA) is 89.5 Å². The Bertz CT molecular complexity index is 473. The first-order chi connectivity index (χ1) is 9.13. The highest BCUT2D eigenvalue weighted by Gasteiger charge is 2.28. The van der Waals surface area contributed by atoms with E-state index in [-0.39, 0.29) is 17.0 Å². The number of amides is 1. The van der Waals surface area contributed by atoms with Crippen molar-refractivity contribution in [2.75, 3.05) is 13.1 Å². The maximum atomic E-state index is 12.4. The molecule has 2 rings (SSSR count). The summed E-state index contributed by atoms with van der Waals surface area (Å²) in [6.07, 6.45) is 3.86. The van der Waals surface area contributed by atoms with E-state index in [2.05, 4.69) is 0 Å². The first-order valence-electron chi connectivity index (χ1n) is 6.38. The Morgan fingerprint density at radius 2 is 2.32 bits per heavy atom. The number of carbonyl (C=O) groups excluding carboxylic acids is 1. The van der Waals surface area contributed by atoms with Gasteiger partial charge in [-0.05, 0) is 38.3 Å². The van der Waals surface area contributed by atoms with Crippen LogP contribution in [0, 0.1) is 10.1 Å². The molecule has 0 spiro atoms. The molecule has 1 fully saturated rings. The van der Waals surface area contributed by atoms with E-state index in [9.17, 15) is 14.9 Å². The van der Waals surface area contributed by atoms with Gasteiger partial charge in [-0.2, -0.15) is 0 Å². The number of hydrogen-bond acceptors (Lipinski definition) is 5. The molecule has 1 aromatic rings. The third kappa shape index (κ3) is 3.10. The van der Waals surface area contributed by atoms with Crippen LogP contribution < -0.4 is 5.73 Å². The van der Waals surface area contributed by atoms with E-state index in [4.69, 9.17) is 5.73 Å². The van der Waals surface area contributed by atoms with Crippen molar-refractivity contribution in [3.8, 4) is 0 Å². The molecular weight excluding hydrogens is 266 g/mol. The fourth-order valence-corrected chi connectivity index (χ4v) is 3.22. The SMILES string of the molecule is NCCC1CCCCN1C(=O)c1ccc([N+](=O)[O-])s1. The summed E-state index contributed by atoms with van der Waals surface area (Å²) in [5.41, 5.74) is 5.58. The number of nitrogens with two attached hydrogens (primary N) is 1. The molecule has 0 aliphatic carbocycles. The molecule has 0 radical (unpaired) electrons. The molecule has 1 saturated heterocycles. The minimum Gasteiger partial charge on any atom is -0.335 e. The van der Waals surface area contributed by atoms with E-state index in [1.807, 2.05) is 4.90 Å². The summed E-state index contributed by atoms with van der Waals surface area (Å²) in [5.74, 6) is -0.101. The Labute approximate surface area is 115 Å². The molecule has 1 aromatic heterocycles. The standard InChI is InChI=1S/C12H17N3O3S/c13-7-6-9-3-1-2-8-14(9)12(16)10-4-5-11(19-10)15(17)18/h4-5,9H,1-3,6-8,13H2. The average molecular weight is 283 g/mol. The highest BCUT2D eigenvalue weighted by molar-refractivity contribution is 7.17. The van der Waals surface area contributed by atoms with Crippen molar-refractivity contribution in [1.82, 2.24) is 4.90 Å². The van der Waals surface area contributed by atoms with E-state index in [1.54, 1.807) is 6.07 Å². The van der Waals surface area contributed by atoms with E-state index in [0.29, 0.717) is 11.4 Å². The molecule has 104 valence electrons. The largest absolute Gasteiger partial charge is 0.335 e. The molecule has 7 heteroatoms. The van der Waals surface area contributed by atoms with Crippen LogP contribution in [0.15, 0.2) is 12.1 Å². The van der Waals surface area contributed by atoms with Crippen LogP contribution in [0.3, 0.4) is 0 Å². The number of likely N-dealkylation sites (tertiary alicyclic amines) is 1. The van der Waals surface area contributed by atoms with Crippen LogP contribution in [-0.2, 0) is 0 Å². The summed E-state index contributed by atoms with van der Waals surface area (Å²) in [6.45, 7) is 1.27. The molecule has 0 aromatic carbocycles. The Morgan fingerprint density at radius 1 is 1.53 bits per heavy atom. The van der Waals surface area contributed by atoms with Gasteiger partial charge in [-0.25, -0.2) is 0 Å². The second-order valence-corrected chi connectivity index (χ2v) is 5.68. The Hall–Kier alpha value is -1.47. The number of nitro groups is 1. The van der Waals surface area contributed by atoms with Gasteiger partial charge in [0.15, 0.2) is 0 Å². The second kappa shape index (κ2) is 6.12. The number of carbonyl (C=O) groups is 1. The summed E-state index contributed by atoms with van der Waals surface area (Å²) in [6, 6.07) is 3.10. The average Bonchev–Trinajstić information content (AvgIpc) is 2.89. The predicted molar refractivity (Wildman–Crippen MR) is 73.3 cm³/mol. The second-order valence-electron chi connectivity index (χ2n) is 4.62. The fourth-order valence-electron chi connectivity index (χ4n) is 2.44. The van der Waals surface area contributed by atoms with Gasteiger partial charge in [0.25, 0.3) is 5.91 Å². The third-order valence-electron chi connectivity index (χ3n) is 3.37. The monoisotopic (exact) mass is 283 g/mol. The summed E-state index contributed by atoms with van der Waals surface area (Å²) in [4.78, 5) is 24.9. The van der Waals surface area contributed by atoms with Crippen LogP contribution in [0.5, 0.6) is 0 Å². The van der Waals surface area contributed by atoms with Gasteiger partial charge in [0.1, 0.15) is 0 Å². The lowest BCUT2D eigenvalue weighted by Gasteiger charge is -2.35. The summed E-state index contributed by atoms with van der Waals surface area (Å²) < 4.78 is 0.